The average Bonchev–Trinajstić information content (AvgIpc) is 3.32. The molecule has 0 N–H and O–H groups in total. The summed E-state index contributed by atoms with van der Waals surface area (Å²) in [5.74, 6) is 3.83. The summed E-state index contributed by atoms with van der Waals surface area (Å²) >= 11 is 0. The maximum atomic E-state index is 2.63. The van der Waals surface area contributed by atoms with Crippen molar-refractivity contribution >= 4 is 5.57 Å². The van der Waals surface area contributed by atoms with Crippen molar-refractivity contribution in [2.75, 3.05) is 0 Å². The molecule has 0 nitrogen and oxygen atoms in total. The summed E-state index contributed by atoms with van der Waals surface area (Å²) in [5.41, 5.74) is 8.32. The molecule has 5 rings (SSSR count). The van der Waals surface area contributed by atoms with E-state index in [1.54, 1.807) is 22.3 Å². The first-order valence-electron chi connectivity index (χ1n) is 9.85. The van der Waals surface area contributed by atoms with Gasteiger partial charge in [-0.15, -0.1) is 0 Å². The zero-order valence-corrected chi connectivity index (χ0v) is 14.4. The van der Waals surface area contributed by atoms with Crippen LogP contribution in [-0.4, -0.2) is 0 Å². The fourth-order valence-electron chi connectivity index (χ4n) is 5.58. The van der Waals surface area contributed by atoms with Gasteiger partial charge in [-0.2, -0.15) is 0 Å². The molecule has 0 bridgehead atoms. The van der Waals surface area contributed by atoms with Crippen LogP contribution < -0.4 is 0 Å². The standard InChI is InChI=1S/C23H28/c1-2-15-7-9-16(10-8-15)11-18-13-21-19-6-4-3-5-17(19)12-22(21)23-14-20(18)23/h3-6,13,15-16,20,23H,2,7-12,14H2,1H3. The molecule has 2 saturated carbocycles. The molecule has 0 amide bonds. The molecule has 2 unspecified atom stereocenters. The van der Waals surface area contributed by atoms with Crippen LogP contribution in [0.5, 0.6) is 0 Å². The van der Waals surface area contributed by atoms with Gasteiger partial charge in [0.25, 0.3) is 0 Å². The van der Waals surface area contributed by atoms with Gasteiger partial charge in [-0.25, -0.2) is 0 Å². The fourth-order valence-corrected chi connectivity index (χ4v) is 5.58. The maximum Gasteiger partial charge on any atom is -0.00487 e. The van der Waals surface area contributed by atoms with Crippen LogP contribution in [0, 0.1) is 23.7 Å². The highest BCUT2D eigenvalue weighted by molar-refractivity contribution is 5.85. The topological polar surface area (TPSA) is 0 Å². The van der Waals surface area contributed by atoms with Crippen LogP contribution in [-0.2, 0) is 6.42 Å². The SMILES string of the molecule is CCC1CCC(CC2=CC3=C(Cc4ccccc43)C3CC23)CC1. The lowest BCUT2D eigenvalue weighted by Gasteiger charge is -2.29. The van der Waals surface area contributed by atoms with E-state index in [0.717, 1.165) is 23.7 Å². The molecule has 23 heavy (non-hydrogen) atoms. The highest BCUT2D eigenvalue weighted by Gasteiger charge is 2.47. The summed E-state index contributed by atoms with van der Waals surface area (Å²) in [7, 11) is 0. The van der Waals surface area contributed by atoms with Crippen molar-refractivity contribution < 1.29 is 0 Å². The van der Waals surface area contributed by atoms with Crippen molar-refractivity contribution in [2.45, 2.75) is 58.3 Å². The molecule has 0 spiro atoms. The second-order valence-electron chi connectivity index (χ2n) is 8.44. The van der Waals surface area contributed by atoms with Gasteiger partial charge in [0, 0.05) is 0 Å². The van der Waals surface area contributed by atoms with Crippen molar-refractivity contribution in [3.8, 4) is 0 Å². The first-order chi connectivity index (χ1) is 11.3. The Kier molecular flexibility index (Phi) is 3.28. The van der Waals surface area contributed by atoms with Crippen molar-refractivity contribution in [3.63, 3.8) is 0 Å². The molecule has 0 heteroatoms. The maximum absolute atomic E-state index is 2.63. The summed E-state index contributed by atoms with van der Waals surface area (Å²) in [6, 6.07) is 9.11. The van der Waals surface area contributed by atoms with Gasteiger partial charge in [0.2, 0.25) is 0 Å². The number of benzene rings is 1. The molecule has 0 aliphatic heterocycles. The van der Waals surface area contributed by atoms with E-state index in [2.05, 4.69) is 37.3 Å². The minimum Gasteiger partial charge on any atom is -0.0656 e. The molecule has 4 aliphatic carbocycles. The zero-order chi connectivity index (χ0) is 15.4. The Labute approximate surface area is 140 Å². The van der Waals surface area contributed by atoms with Crippen LogP contribution in [0.4, 0.5) is 0 Å². The Morgan fingerprint density at radius 2 is 1.74 bits per heavy atom. The largest absolute Gasteiger partial charge is 0.0656 e. The quantitative estimate of drug-likeness (QED) is 0.625. The predicted molar refractivity (Wildman–Crippen MR) is 97.1 cm³/mol. The fraction of sp³-hybridized carbons (Fsp3) is 0.565. The van der Waals surface area contributed by atoms with Gasteiger partial charge >= 0.3 is 0 Å². The van der Waals surface area contributed by atoms with Gasteiger partial charge in [0.05, 0.1) is 0 Å². The van der Waals surface area contributed by atoms with E-state index in [-0.39, 0.29) is 0 Å². The summed E-state index contributed by atoms with van der Waals surface area (Å²) in [6.45, 7) is 2.37. The molecule has 0 saturated heterocycles. The van der Waals surface area contributed by atoms with Crippen LogP contribution in [0.2, 0.25) is 0 Å². The first kappa shape index (κ1) is 14.1. The molecule has 1 aromatic rings. The summed E-state index contributed by atoms with van der Waals surface area (Å²) in [6.07, 6.45) is 14.0. The molecule has 4 aliphatic rings. The van der Waals surface area contributed by atoms with Crippen LogP contribution >= 0.6 is 0 Å². The number of hydrogen-bond acceptors (Lipinski definition) is 0. The normalized spacial score (nSPS) is 34.6. The molecule has 120 valence electrons. The van der Waals surface area contributed by atoms with Gasteiger partial charge in [0.15, 0.2) is 0 Å². The van der Waals surface area contributed by atoms with Crippen LogP contribution in [0.15, 0.2) is 41.5 Å². The number of allylic oxidation sites excluding steroid dienone is 4. The molecule has 2 fully saturated rings. The Hall–Kier alpha value is -1.30. The summed E-state index contributed by atoms with van der Waals surface area (Å²) in [4.78, 5) is 0. The van der Waals surface area contributed by atoms with Gasteiger partial charge in [-0.05, 0) is 72.5 Å². The molecular formula is C23H28. The van der Waals surface area contributed by atoms with Crippen LogP contribution in [0.25, 0.3) is 5.57 Å². The van der Waals surface area contributed by atoms with Crippen LogP contribution in [0.3, 0.4) is 0 Å². The van der Waals surface area contributed by atoms with Gasteiger partial charge in [0.1, 0.15) is 0 Å². The highest BCUT2D eigenvalue weighted by Crippen LogP contribution is 2.59. The Balaban J connectivity index is 1.37. The number of hydrogen-bond donors (Lipinski definition) is 0. The average molecular weight is 304 g/mol. The monoisotopic (exact) mass is 304 g/mol. The molecule has 2 atom stereocenters. The van der Waals surface area contributed by atoms with Gasteiger partial charge in [-0.1, -0.05) is 67.7 Å². The summed E-state index contributed by atoms with van der Waals surface area (Å²) in [5, 5.41) is 0. The highest BCUT2D eigenvalue weighted by atomic mass is 14.5. The summed E-state index contributed by atoms with van der Waals surface area (Å²) < 4.78 is 0. The van der Waals surface area contributed by atoms with E-state index < -0.39 is 0 Å². The van der Waals surface area contributed by atoms with E-state index in [9.17, 15) is 0 Å². The van der Waals surface area contributed by atoms with Crippen molar-refractivity contribution in [2.24, 2.45) is 23.7 Å². The predicted octanol–water partition coefficient (Wildman–Crippen LogP) is 6.18. The lowest BCUT2D eigenvalue weighted by atomic mass is 9.77. The van der Waals surface area contributed by atoms with E-state index in [1.165, 1.54) is 51.4 Å². The first-order valence-corrected chi connectivity index (χ1v) is 9.85. The molecule has 0 aromatic heterocycles. The van der Waals surface area contributed by atoms with E-state index in [1.807, 2.05) is 5.57 Å². The molecule has 0 heterocycles. The van der Waals surface area contributed by atoms with E-state index in [4.69, 9.17) is 0 Å². The zero-order valence-electron chi connectivity index (χ0n) is 14.4. The molecular weight excluding hydrogens is 276 g/mol. The Morgan fingerprint density at radius 3 is 2.57 bits per heavy atom. The third-order valence-electron chi connectivity index (χ3n) is 7.15. The van der Waals surface area contributed by atoms with Crippen LogP contribution in [0.1, 0.15) is 63.0 Å². The number of rotatable bonds is 3. The minimum atomic E-state index is 0.907. The van der Waals surface area contributed by atoms with E-state index in [0.29, 0.717) is 0 Å². The second kappa shape index (κ2) is 5.36. The van der Waals surface area contributed by atoms with E-state index >= 15 is 0 Å². The minimum absolute atomic E-state index is 0.907. The van der Waals surface area contributed by atoms with Gasteiger partial charge < -0.3 is 0 Å². The smallest absolute Gasteiger partial charge is 0.00487 e. The van der Waals surface area contributed by atoms with Crippen molar-refractivity contribution in [1.29, 1.82) is 0 Å². The Bertz CT molecular complexity index is 682. The third-order valence-corrected chi connectivity index (χ3v) is 7.15. The second-order valence-corrected chi connectivity index (χ2v) is 8.44. The Morgan fingerprint density at radius 1 is 0.957 bits per heavy atom. The molecule has 1 aromatic carbocycles. The molecule has 0 radical (unpaired) electrons. The number of fused-ring (bicyclic) bond motifs is 4. The van der Waals surface area contributed by atoms with Crippen molar-refractivity contribution in [1.82, 2.24) is 0 Å². The third kappa shape index (κ3) is 2.33. The lowest BCUT2D eigenvalue weighted by Crippen LogP contribution is -2.15. The van der Waals surface area contributed by atoms with Gasteiger partial charge in [-0.3, -0.25) is 0 Å². The lowest BCUT2D eigenvalue weighted by molar-refractivity contribution is 0.266. The van der Waals surface area contributed by atoms with Crippen molar-refractivity contribution in [3.05, 3.63) is 52.6 Å².